The van der Waals surface area contributed by atoms with Gasteiger partial charge in [-0.2, -0.15) is 13.2 Å². The van der Waals surface area contributed by atoms with Gasteiger partial charge in [-0.15, -0.1) is 6.58 Å². The molecule has 1 aliphatic heterocycles. The molecule has 1 aliphatic rings. The van der Waals surface area contributed by atoms with Gasteiger partial charge in [-0.3, -0.25) is 14.4 Å². The van der Waals surface area contributed by atoms with E-state index in [1.54, 1.807) is 37.3 Å². The summed E-state index contributed by atoms with van der Waals surface area (Å²) < 4.78 is 41.5. The number of anilines is 1. The quantitative estimate of drug-likeness (QED) is 0.403. The maximum Gasteiger partial charge on any atom is 0.417 e. The van der Waals surface area contributed by atoms with Crippen molar-refractivity contribution in [1.82, 2.24) is 19.8 Å². The number of aromatic nitrogens is 2. The second-order valence-electron chi connectivity index (χ2n) is 8.98. The monoisotopic (exact) mass is 603 g/mol. The number of fused-ring (bicyclic) bond motifs is 1. The van der Waals surface area contributed by atoms with E-state index in [2.05, 4.69) is 38.1 Å². The molecule has 204 valence electrons. The predicted octanol–water partition coefficient (Wildman–Crippen LogP) is 4.56. The van der Waals surface area contributed by atoms with Crippen molar-refractivity contribution in [2.45, 2.75) is 32.1 Å². The highest BCUT2D eigenvalue weighted by atomic mass is 79.9. The molecule has 1 unspecified atom stereocenters. The minimum absolute atomic E-state index is 0.0544. The van der Waals surface area contributed by atoms with E-state index in [1.165, 1.54) is 28.6 Å². The summed E-state index contributed by atoms with van der Waals surface area (Å²) in [5.74, 6) is -0.659. The SMILES string of the molecule is C=CCNc1nc2c(c(=O)n1-c1ccc(C(=O)NC)cc1)CC(C)N(C(=O)c1ccc(Br)c(C(F)(F)F)c1)C2. The largest absolute Gasteiger partial charge is 0.417 e. The van der Waals surface area contributed by atoms with Crippen LogP contribution in [0.3, 0.4) is 0 Å². The second kappa shape index (κ2) is 11.0. The first kappa shape index (κ1) is 28.1. The van der Waals surface area contributed by atoms with Crippen LogP contribution in [0.25, 0.3) is 5.69 Å². The van der Waals surface area contributed by atoms with Gasteiger partial charge in [0.05, 0.1) is 23.5 Å². The number of hydrogen-bond acceptors (Lipinski definition) is 5. The van der Waals surface area contributed by atoms with Crippen molar-refractivity contribution in [1.29, 1.82) is 0 Å². The van der Waals surface area contributed by atoms with Gasteiger partial charge in [-0.05, 0) is 55.8 Å². The molecule has 1 atom stereocenters. The highest BCUT2D eigenvalue weighted by Gasteiger charge is 2.36. The van der Waals surface area contributed by atoms with Crippen LogP contribution in [0, 0.1) is 0 Å². The van der Waals surface area contributed by atoms with Crippen molar-refractivity contribution in [2.75, 3.05) is 18.9 Å². The summed E-state index contributed by atoms with van der Waals surface area (Å²) >= 11 is 2.90. The zero-order chi connectivity index (χ0) is 28.5. The average molecular weight is 604 g/mol. The van der Waals surface area contributed by atoms with Gasteiger partial charge in [-0.25, -0.2) is 9.55 Å². The van der Waals surface area contributed by atoms with Crippen LogP contribution in [0.15, 0.2) is 64.4 Å². The maximum absolute atomic E-state index is 13.7. The number of nitrogens with one attached hydrogen (secondary N) is 2. The van der Waals surface area contributed by atoms with Gasteiger partial charge in [0.2, 0.25) is 5.95 Å². The molecule has 2 aromatic carbocycles. The number of carbonyl (C=O) groups excluding carboxylic acids is 2. The Morgan fingerprint density at radius 3 is 2.46 bits per heavy atom. The minimum atomic E-state index is -4.63. The number of carbonyl (C=O) groups is 2. The molecule has 2 N–H and O–H groups in total. The molecule has 12 heteroatoms. The summed E-state index contributed by atoms with van der Waals surface area (Å²) in [6.07, 6.45) is -2.88. The molecular weight excluding hydrogens is 579 g/mol. The van der Waals surface area contributed by atoms with Gasteiger partial charge >= 0.3 is 6.18 Å². The van der Waals surface area contributed by atoms with Crippen LogP contribution < -0.4 is 16.2 Å². The molecule has 4 rings (SSSR count). The lowest BCUT2D eigenvalue weighted by atomic mass is 9.98. The van der Waals surface area contributed by atoms with Gasteiger partial charge < -0.3 is 15.5 Å². The molecule has 39 heavy (non-hydrogen) atoms. The van der Waals surface area contributed by atoms with E-state index < -0.39 is 23.7 Å². The number of hydrogen-bond donors (Lipinski definition) is 2. The zero-order valence-electron chi connectivity index (χ0n) is 21.1. The number of nitrogens with zero attached hydrogens (tertiary/aromatic N) is 3. The number of benzene rings is 2. The fourth-order valence-electron chi connectivity index (χ4n) is 4.40. The molecule has 0 saturated heterocycles. The van der Waals surface area contributed by atoms with Crippen LogP contribution in [-0.2, 0) is 19.1 Å². The van der Waals surface area contributed by atoms with E-state index in [9.17, 15) is 27.6 Å². The van der Waals surface area contributed by atoms with Gasteiger partial charge in [-0.1, -0.05) is 22.0 Å². The molecule has 0 radical (unpaired) electrons. The van der Waals surface area contributed by atoms with Crippen LogP contribution in [0.5, 0.6) is 0 Å². The van der Waals surface area contributed by atoms with Crippen LogP contribution in [0.1, 0.15) is 44.5 Å². The predicted molar refractivity (Wildman–Crippen MR) is 144 cm³/mol. The third-order valence-electron chi connectivity index (χ3n) is 6.41. The first-order chi connectivity index (χ1) is 18.5. The van der Waals surface area contributed by atoms with E-state index in [-0.39, 0.29) is 40.4 Å². The summed E-state index contributed by atoms with van der Waals surface area (Å²) in [4.78, 5) is 45.0. The van der Waals surface area contributed by atoms with Gasteiger partial charge in [0.25, 0.3) is 17.4 Å². The molecule has 0 bridgehead atoms. The lowest BCUT2D eigenvalue weighted by Crippen LogP contribution is -2.46. The Morgan fingerprint density at radius 2 is 1.85 bits per heavy atom. The fraction of sp³-hybridized carbons (Fsp3) is 0.259. The molecule has 0 spiro atoms. The molecule has 0 aliphatic carbocycles. The average Bonchev–Trinajstić information content (AvgIpc) is 2.91. The van der Waals surface area contributed by atoms with Crippen LogP contribution >= 0.6 is 15.9 Å². The lowest BCUT2D eigenvalue weighted by molar-refractivity contribution is -0.138. The Kier molecular flexibility index (Phi) is 7.96. The van der Waals surface area contributed by atoms with Crippen molar-refractivity contribution in [3.8, 4) is 5.69 Å². The number of rotatable bonds is 6. The van der Waals surface area contributed by atoms with E-state index in [0.717, 1.165) is 6.07 Å². The van der Waals surface area contributed by atoms with Crippen LogP contribution in [0.4, 0.5) is 19.1 Å². The summed E-state index contributed by atoms with van der Waals surface area (Å²) in [6.45, 7) is 5.65. The molecular formula is C27H25BrF3N5O3. The molecule has 2 heterocycles. The highest BCUT2D eigenvalue weighted by Crippen LogP contribution is 2.36. The fourth-order valence-corrected chi connectivity index (χ4v) is 4.87. The van der Waals surface area contributed by atoms with E-state index >= 15 is 0 Å². The Bertz CT molecular complexity index is 1500. The van der Waals surface area contributed by atoms with E-state index in [0.29, 0.717) is 29.1 Å². The smallest absolute Gasteiger partial charge is 0.355 e. The third kappa shape index (κ3) is 5.60. The van der Waals surface area contributed by atoms with Crippen molar-refractivity contribution in [2.24, 2.45) is 0 Å². The van der Waals surface area contributed by atoms with Crippen molar-refractivity contribution < 1.29 is 22.8 Å². The Labute approximate surface area is 230 Å². The zero-order valence-corrected chi connectivity index (χ0v) is 22.7. The maximum atomic E-state index is 13.7. The molecule has 8 nitrogen and oxygen atoms in total. The second-order valence-corrected chi connectivity index (χ2v) is 9.83. The van der Waals surface area contributed by atoms with E-state index in [1.807, 2.05) is 0 Å². The van der Waals surface area contributed by atoms with Crippen LogP contribution in [-0.4, -0.2) is 45.9 Å². The number of halogens is 4. The van der Waals surface area contributed by atoms with E-state index in [4.69, 9.17) is 0 Å². The summed E-state index contributed by atoms with van der Waals surface area (Å²) in [5, 5.41) is 5.58. The minimum Gasteiger partial charge on any atom is -0.355 e. The molecule has 2 amide bonds. The summed E-state index contributed by atoms with van der Waals surface area (Å²) in [6, 6.07) is 9.31. The molecule has 0 fully saturated rings. The highest BCUT2D eigenvalue weighted by molar-refractivity contribution is 9.10. The topological polar surface area (TPSA) is 96.3 Å². The van der Waals surface area contributed by atoms with Crippen LogP contribution in [0.2, 0.25) is 0 Å². The number of amides is 2. The van der Waals surface area contributed by atoms with Gasteiger partial charge in [0.1, 0.15) is 0 Å². The Balaban J connectivity index is 1.74. The number of alkyl halides is 3. The molecule has 0 saturated carbocycles. The van der Waals surface area contributed by atoms with Crippen molar-refractivity contribution in [3.63, 3.8) is 0 Å². The lowest BCUT2D eigenvalue weighted by Gasteiger charge is -2.34. The third-order valence-corrected chi connectivity index (χ3v) is 7.10. The molecule has 1 aromatic heterocycles. The van der Waals surface area contributed by atoms with Gasteiger partial charge in [0, 0.05) is 40.8 Å². The van der Waals surface area contributed by atoms with Crippen molar-refractivity contribution in [3.05, 3.63) is 97.9 Å². The van der Waals surface area contributed by atoms with Crippen molar-refractivity contribution >= 4 is 33.7 Å². The Morgan fingerprint density at radius 1 is 1.18 bits per heavy atom. The normalized spacial score (nSPS) is 14.9. The summed E-state index contributed by atoms with van der Waals surface area (Å²) in [5.41, 5.74) is 0.247. The summed E-state index contributed by atoms with van der Waals surface area (Å²) in [7, 11) is 1.52. The standard InChI is InChI=1S/C27H25BrF3N5O3/c1-4-11-33-26-34-22-14-35(24(38)17-7-10-21(28)20(13-17)27(29,30)31)15(2)12-19(22)25(39)36(26)18-8-5-16(6-9-18)23(37)32-3/h4-10,13,15H,1,11-12,14H2,2-3H3,(H,32,37)(H,33,34). The van der Waals surface area contributed by atoms with Gasteiger partial charge in [0.15, 0.2) is 0 Å². The first-order valence-corrected chi connectivity index (χ1v) is 12.7. The molecule has 3 aromatic rings. The first-order valence-electron chi connectivity index (χ1n) is 12.0. The Hall–Kier alpha value is -3.93.